The molecule has 0 spiro atoms. The fourth-order valence-electron chi connectivity index (χ4n) is 1.05. The Kier molecular flexibility index (Phi) is 3.34. The quantitative estimate of drug-likeness (QED) is 0.676. The van der Waals surface area contributed by atoms with E-state index in [9.17, 15) is 0 Å². The fourth-order valence-corrected chi connectivity index (χ4v) is 1.25. The molecule has 1 aromatic carbocycles. The lowest BCUT2D eigenvalue weighted by Gasteiger charge is -1.88. The summed E-state index contributed by atoms with van der Waals surface area (Å²) in [5.41, 5.74) is 2.96. The number of aromatic amines is 1. The zero-order chi connectivity index (χ0) is 10.6. The molecule has 1 aromatic heterocycles. The fraction of sp³-hybridized carbons (Fsp3) is 0.111. The molecule has 2 aromatic rings. The standard InChI is InChI=1S/C8H7NOS.CO2/c1-5-2-3-6-7(4-5)10-8(11)9-6;2-1-3/h2-4H,1H3,(H,9,11);. The summed E-state index contributed by atoms with van der Waals surface area (Å²) in [4.78, 5) is 19.6. The third kappa shape index (κ3) is 2.39. The Bertz CT molecular complexity index is 520. The van der Waals surface area contributed by atoms with Gasteiger partial charge in [-0.05, 0) is 36.8 Å². The van der Waals surface area contributed by atoms with E-state index in [1.165, 1.54) is 5.56 Å². The minimum Gasteiger partial charge on any atom is -0.429 e. The van der Waals surface area contributed by atoms with Gasteiger partial charge in [0.2, 0.25) is 0 Å². The Balaban J connectivity index is 0.000000293. The summed E-state index contributed by atoms with van der Waals surface area (Å²) >= 11 is 4.83. The molecule has 0 saturated heterocycles. The summed E-state index contributed by atoms with van der Waals surface area (Å²) < 4.78 is 5.21. The zero-order valence-electron chi connectivity index (χ0n) is 7.37. The third-order valence-electron chi connectivity index (χ3n) is 1.58. The average Bonchev–Trinajstić information content (AvgIpc) is 2.45. The molecule has 0 fully saturated rings. The first-order chi connectivity index (χ1) is 6.67. The molecule has 1 heterocycles. The van der Waals surface area contributed by atoms with Crippen LogP contribution in [-0.2, 0) is 9.59 Å². The van der Waals surface area contributed by atoms with Gasteiger partial charge in [0.05, 0.1) is 5.52 Å². The average molecular weight is 209 g/mol. The molecule has 0 aliphatic heterocycles. The molecule has 1 N–H and O–H groups in total. The molecule has 5 heteroatoms. The number of hydrogen-bond acceptors (Lipinski definition) is 4. The molecule has 0 bridgehead atoms. The minimum atomic E-state index is 0.250. The van der Waals surface area contributed by atoms with Crippen LogP contribution >= 0.6 is 12.2 Å². The van der Waals surface area contributed by atoms with Crippen LogP contribution in [0.4, 0.5) is 0 Å². The normalized spacial score (nSPS) is 8.93. The second-order valence-corrected chi connectivity index (χ2v) is 2.97. The highest BCUT2D eigenvalue weighted by atomic mass is 32.1. The van der Waals surface area contributed by atoms with Gasteiger partial charge in [0.1, 0.15) is 0 Å². The number of rotatable bonds is 0. The molecule has 72 valence electrons. The molecule has 0 aliphatic rings. The first-order valence-electron chi connectivity index (χ1n) is 3.76. The Morgan fingerprint density at radius 3 is 2.71 bits per heavy atom. The van der Waals surface area contributed by atoms with Crippen LogP contribution in [0.1, 0.15) is 5.56 Å². The Hall–Kier alpha value is -1.71. The molecule has 14 heavy (non-hydrogen) atoms. The van der Waals surface area contributed by atoms with Crippen molar-refractivity contribution < 1.29 is 14.0 Å². The van der Waals surface area contributed by atoms with Gasteiger partial charge in [0.25, 0.3) is 4.84 Å². The molecule has 4 nitrogen and oxygen atoms in total. The second kappa shape index (κ2) is 4.50. The van der Waals surface area contributed by atoms with E-state index >= 15 is 0 Å². The van der Waals surface area contributed by atoms with Gasteiger partial charge in [-0.15, -0.1) is 0 Å². The topological polar surface area (TPSA) is 63.1 Å². The number of nitrogens with one attached hydrogen (secondary N) is 1. The third-order valence-corrected chi connectivity index (χ3v) is 1.76. The first kappa shape index (κ1) is 10.4. The number of benzene rings is 1. The van der Waals surface area contributed by atoms with Crippen molar-refractivity contribution >= 4 is 29.5 Å². The van der Waals surface area contributed by atoms with Gasteiger partial charge in [-0.25, -0.2) is 0 Å². The van der Waals surface area contributed by atoms with Crippen molar-refractivity contribution in [2.75, 3.05) is 0 Å². The maximum atomic E-state index is 8.12. The predicted octanol–water partition coefficient (Wildman–Crippen LogP) is 2.22. The van der Waals surface area contributed by atoms with Crippen molar-refractivity contribution in [2.45, 2.75) is 6.92 Å². The highest BCUT2D eigenvalue weighted by molar-refractivity contribution is 7.71. The molecular weight excluding hydrogens is 202 g/mol. The molecule has 0 aliphatic carbocycles. The highest BCUT2D eigenvalue weighted by Gasteiger charge is 1.96. The second-order valence-electron chi connectivity index (χ2n) is 2.60. The summed E-state index contributed by atoms with van der Waals surface area (Å²) in [5.74, 6) is 0. The van der Waals surface area contributed by atoms with Gasteiger partial charge >= 0.3 is 6.15 Å². The van der Waals surface area contributed by atoms with Crippen molar-refractivity contribution in [1.82, 2.24) is 4.98 Å². The Labute approximate surface area is 84.5 Å². The van der Waals surface area contributed by atoms with Crippen molar-refractivity contribution in [3.8, 4) is 0 Å². The maximum Gasteiger partial charge on any atom is 0.373 e. The van der Waals surface area contributed by atoms with E-state index in [0.717, 1.165) is 11.1 Å². The van der Waals surface area contributed by atoms with Gasteiger partial charge in [-0.2, -0.15) is 9.59 Å². The number of aromatic nitrogens is 1. The molecule has 0 amide bonds. The number of oxazole rings is 1. The number of fused-ring (bicyclic) bond motifs is 1. The van der Waals surface area contributed by atoms with E-state index in [1.807, 2.05) is 25.1 Å². The van der Waals surface area contributed by atoms with Crippen LogP contribution in [-0.4, -0.2) is 11.1 Å². The molecule has 2 rings (SSSR count). The van der Waals surface area contributed by atoms with Crippen LogP contribution in [0.25, 0.3) is 11.1 Å². The van der Waals surface area contributed by atoms with E-state index in [4.69, 9.17) is 26.2 Å². The van der Waals surface area contributed by atoms with E-state index in [-0.39, 0.29) is 6.15 Å². The van der Waals surface area contributed by atoms with Crippen molar-refractivity contribution in [3.05, 3.63) is 28.6 Å². The van der Waals surface area contributed by atoms with Crippen LogP contribution in [0.5, 0.6) is 0 Å². The number of hydrogen-bond donors (Lipinski definition) is 1. The van der Waals surface area contributed by atoms with Crippen molar-refractivity contribution in [3.63, 3.8) is 0 Å². The molecule has 0 atom stereocenters. The van der Waals surface area contributed by atoms with E-state index in [0.29, 0.717) is 4.84 Å². The summed E-state index contributed by atoms with van der Waals surface area (Å²) in [7, 11) is 0. The lowest BCUT2D eigenvalue weighted by molar-refractivity contribution is -0.191. The molecule has 0 unspecified atom stereocenters. The van der Waals surface area contributed by atoms with Crippen molar-refractivity contribution in [1.29, 1.82) is 0 Å². The van der Waals surface area contributed by atoms with Crippen molar-refractivity contribution in [2.24, 2.45) is 0 Å². The van der Waals surface area contributed by atoms with E-state index in [2.05, 4.69) is 4.98 Å². The van der Waals surface area contributed by atoms with Crippen LogP contribution < -0.4 is 0 Å². The zero-order valence-corrected chi connectivity index (χ0v) is 8.18. The summed E-state index contributed by atoms with van der Waals surface area (Å²) in [6, 6.07) is 5.94. The number of carbonyl (C=O) groups excluding carboxylic acids is 2. The smallest absolute Gasteiger partial charge is 0.373 e. The van der Waals surface area contributed by atoms with Gasteiger partial charge < -0.3 is 9.40 Å². The van der Waals surface area contributed by atoms with Gasteiger partial charge in [-0.3, -0.25) is 0 Å². The molecule has 0 radical (unpaired) electrons. The molecule has 0 saturated carbocycles. The lowest BCUT2D eigenvalue weighted by atomic mass is 10.2. The van der Waals surface area contributed by atoms with Gasteiger partial charge in [0.15, 0.2) is 5.58 Å². The first-order valence-corrected chi connectivity index (χ1v) is 4.17. The lowest BCUT2D eigenvalue weighted by Crippen LogP contribution is -1.69. The number of H-pyrrole nitrogens is 1. The SMILES string of the molecule is Cc1ccc2[nH]c(=S)oc2c1.O=C=O. The Morgan fingerprint density at radius 1 is 1.43 bits per heavy atom. The summed E-state index contributed by atoms with van der Waals surface area (Å²) in [5, 5.41) is 0. The highest BCUT2D eigenvalue weighted by Crippen LogP contribution is 2.14. The number of aryl methyl sites for hydroxylation is 1. The van der Waals surface area contributed by atoms with Crippen LogP contribution in [0.2, 0.25) is 0 Å². The monoisotopic (exact) mass is 209 g/mol. The Morgan fingerprint density at radius 2 is 2.07 bits per heavy atom. The van der Waals surface area contributed by atoms with Crippen LogP contribution in [0, 0.1) is 11.8 Å². The van der Waals surface area contributed by atoms with E-state index in [1.54, 1.807) is 0 Å². The minimum absolute atomic E-state index is 0.250. The van der Waals surface area contributed by atoms with E-state index < -0.39 is 0 Å². The van der Waals surface area contributed by atoms with Gasteiger partial charge in [-0.1, -0.05) is 6.07 Å². The summed E-state index contributed by atoms with van der Waals surface area (Å²) in [6.45, 7) is 2.02. The largest absolute Gasteiger partial charge is 0.429 e. The summed E-state index contributed by atoms with van der Waals surface area (Å²) in [6.07, 6.45) is 0.250. The van der Waals surface area contributed by atoms with Gasteiger partial charge in [0, 0.05) is 0 Å². The van der Waals surface area contributed by atoms with Crippen LogP contribution in [0.15, 0.2) is 22.6 Å². The maximum absolute atomic E-state index is 8.12. The predicted molar refractivity (Wildman–Crippen MR) is 51.1 cm³/mol. The van der Waals surface area contributed by atoms with Crippen LogP contribution in [0.3, 0.4) is 0 Å². The molecular formula is C9H7NO3S.